The second-order valence-electron chi connectivity index (χ2n) is 6.59. The molecular weight excluding hydrogens is 404 g/mol. The number of aromatic nitrogens is 4. The monoisotopic (exact) mass is 422 g/mol. The minimum atomic E-state index is -1.21. The summed E-state index contributed by atoms with van der Waals surface area (Å²) in [5.41, 5.74) is 1.74. The van der Waals surface area contributed by atoms with E-state index in [1.54, 1.807) is 29.2 Å². The van der Waals surface area contributed by atoms with Gasteiger partial charge < -0.3 is 9.84 Å². The first-order valence-electron chi connectivity index (χ1n) is 9.29. The molecule has 30 heavy (non-hydrogen) atoms. The molecule has 1 amide bonds. The molecule has 3 aromatic heterocycles. The lowest BCUT2D eigenvalue weighted by molar-refractivity contribution is -0.0395. The van der Waals surface area contributed by atoms with Crippen molar-refractivity contribution in [3.63, 3.8) is 0 Å². The molecule has 2 N–H and O–H groups in total. The number of nitriles is 1. The number of hydrogen-bond acceptors (Lipinski definition) is 7. The van der Waals surface area contributed by atoms with Gasteiger partial charge in [0.05, 0.1) is 15.3 Å². The highest BCUT2D eigenvalue weighted by Gasteiger charge is 2.23. The van der Waals surface area contributed by atoms with Gasteiger partial charge in [-0.3, -0.25) is 5.32 Å². The van der Waals surface area contributed by atoms with Crippen LogP contribution in [-0.4, -0.2) is 37.6 Å². The fraction of sp³-hybridized carbons (Fsp3) is 0.250. The summed E-state index contributed by atoms with van der Waals surface area (Å²) in [6.07, 6.45) is 6.41. The number of amides is 1. The van der Waals surface area contributed by atoms with Crippen molar-refractivity contribution in [2.45, 2.75) is 25.5 Å². The Balaban J connectivity index is 1.75. The van der Waals surface area contributed by atoms with E-state index in [2.05, 4.69) is 33.0 Å². The van der Waals surface area contributed by atoms with E-state index >= 15 is 0 Å². The smallest absolute Gasteiger partial charge is 0.410 e. The number of anilines is 1. The van der Waals surface area contributed by atoms with Crippen LogP contribution in [0.1, 0.15) is 36.6 Å². The molecule has 0 bridgehead atoms. The molecule has 0 radical (unpaired) electrons. The van der Waals surface area contributed by atoms with Gasteiger partial charge in [0, 0.05) is 18.4 Å². The number of carbonyl (C=O) groups is 1. The number of pyridine rings is 1. The first-order valence-corrected chi connectivity index (χ1v) is 10.1. The van der Waals surface area contributed by atoms with Gasteiger partial charge in [-0.1, -0.05) is 12.7 Å². The minimum absolute atomic E-state index is 0.133. The van der Waals surface area contributed by atoms with E-state index in [0.717, 1.165) is 24.1 Å². The normalized spacial score (nSPS) is 16.0. The zero-order valence-electron chi connectivity index (χ0n) is 15.9. The Hall–Kier alpha value is -3.55. The number of hydrogen-bond donors (Lipinski definition) is 2. The number of ether oxygens (including phenoxy) is 1. The molecule has 1 fully saturated rings. The first kappa shape index (κ1) is 19.8. The van der Waals surface area contributed by atoms with Crippen LogP contribution in [0.4, 0.5) is 10.6 Å². The van der Waals surface area contributed by atoms with Crippen molar-refractivity contribution >= 4 is 29.3 Å². The molecule has 1 aliphatic rings. The van der Waals surface area contributed by atoms with Crippen molar-refractivity contribution in [1.29, 1.82) is 5.26 Å². The van der Waals surface area contributed by atoms with Crippen molar-refractivity contribution < 1.29 is 14.6 Å². The topological polar surface area (TPSA) is 126 Å². The van der Waals surface area contributed by atoms with Crippen LogP contribution in [0.5, 0.6) is 0 Å². The number of carboxylic acid groups (broad SMARTS) is 1. The van der Waals surface area contributed by atoms with Gasteiger partial charge in [-0.25, -0.2) is 19.4 Å². The highest BCUT2D eigenvalue weighted by atomic mass is 32.1. The van der Waals surface area contributed by atoms with Crippen molar-refractivity contribution in [1.82, 2.24) is 19.7 Å². The quantitative estimate of drug-likeness (QED) is 0.625. The predicted molar refractivity (Wildman–Crippen MR) is 112 cm³/mol. The SMILES string of the molecule is C=Cc1c(-c2ncn(C3CCCCO3)n2)sc(-c2ccnc(NC(=O)O)c2)c1C#N. The third kappa shape index (κ3) is 3.80. The standard InChI is InChI=1S/C20H18N6O3S/c1-2-13-14(10-21)17(12-6-7-22-15(9-12)24-20(27)28)30-18(13)19-23-11-26(25-19)16-5-3-4-8-29-16/h2,6-7,9,11,16H,1,3-5,8H2,(H,22,24)(H,27,28). The van der Waals surface area contributed by atoms with Gasteiger partial charge >= 0.3 is 6.09 Å². The Kier molecular flexibility index (Phi) is 5.56. The fourth-order valence-electron chi connectivity index (χ4n) is 3.32. The number of thiophene rings is 1. The highest BCUT2D eigenvalue weighted by Crippen LogP contribution is 2.42. The summed E-state index contributed by atoms with van der Waals surface area (Å²) >= 11 is 1.35. The molecule has 4 heterocycles. The molecule has 0 aliphatic carbocycles. The van der Waals surface area contributed by atoms with E-state index in [1.165, 1.54) is 17.5 Å². The van der Waals surface area contributed by atoms with E-state index in [9.17, 15) is 10.1 Å². The van der Waals surface area contributed by atoms with Crippen LogP contribution in [0, 0.1) is 11.3 Å². The largest absolute Gasteiger partial charge is 0.465 e. The van der Waals surface area contributed by atoms with Crippen LogP contribution in [0.2, 0.25) is 0 Å². The van der Waals surface area contributed by atoms with E-state index in [0.29, 0.717) is 34.0 Å². The van der Waals surface area contributed by atoms with Gasteiger partial charge in [0.15, 0.2) is 12.1 Å². The molecule has 1 aliphatic heterocycles. The summed E-state index contributed by atoms with van der Waals surface area (Å²) < 4.78 is 7.48. The second kappa shape index (κ2) is 8.44. The van der Waals surface area contributed by atoms with Crippen LogP contribution < -0.4 is 5.32 Å². The van der Waals surface area contributed by atoms with Crippen LogP contribution in [0.15, 0.2) is 31.2 Å². The molecule has 0 saturated carbocycles. The van der Waals surface area contributed by atoms with Crippen LogP contribution in [0.25, 0.3) is 27.2 Å². The molecule has 1 atom stereocenters. The molecule has 10 heteroatoms. The fourth-order valence-corrected chi connectivity index (χ4v) is 4.51. The van der Waals surface area contributed by atoms with Crippen LogP contribution in [0.3, 0.4) is 0 Å². The summed E-state index contributed by atoms with van der Waals surface area (Å²) in [5.74, 6) is 0.667. The molecule has 1 unspecified atom stereocenters. The average molecular weight is 422 g/mol. The number of rotatable bonds is 5. The Morgan fingerprint density at radius 1 is 1.43 bits per heavy atom. The number of nitrogens with one attached hydrogen (secondary N) is 1. The van der Waals surface area contributed by atoms with Gasteiger partial charge in [-0.05, 0) is 37.0 Å². The zero-order chi connectivity index (χ0) is 21.1. The summed E-state index contributed by atoms with van der Waals surface area (Å²) in [7, 11) is 0. The Morgan fingerprint density at radius 2 is 2.30 bits per heavy atom. The van der Waals surface area contributed by atoms with Gasteiger partial charge in [-0.2, -0.15) is 5.26 Å². The van der Waals surface area contributed by atoms with E-state index in [-0.39, 0.29) is 12.0 Å². The van der Waals surface area contributed by atoms with E-state index in [4.69, 9.17) is 9.84 Å². The second-order valence-corrected chi connectivity index (χ2v) is 7.61. The van der Waals surface area contributed by atoms with Crippen molar-refractivity contribution in [3.8, 4) is 27.2 Å². The van der Waals surface area contributed by atoms with Crippen molar-refractivity contribution in [2.75, 3.05) is 11.9 Å². The maximum Gasteiger partial charge on any atom is 0.410 e. The van der Waals surface area contributed by atoms with Crippen LogP contribution >= 0.6 is 11.3 Å². The maximum atomic E-state index is 10.9. The molecule has 0 aromatic carbocycles. The van der Waals surface area contributed by atoms with E-state index in [1.807, 2.05) is 0 Å². The summed E-state index contributed by atoms with van der Waals surface area (Å²) in [6, 6.07) is 5.53. The predicted octanol–water partition coefficient (Wildman–Crippen LogP) is 4.37. The zero-order valence-corrected chi connectivity index (χ0v) is 16.7. The Labute approximate surface area is 176 Å². The molecule has 4 rings (SSSR count). The molecule has 9 nitrogen and oxygen atoms in total. The molecule has 152 valence electrons. The lowest BCUT2D eigenvalue weighted by Crippen LogP contribution is -2.18. The Bertz CT molecular complexity index is 1140. The molecule has 3 aromatic rings. The van der Waals surface area contributed by atoms with Crippen molar-refractivity contribution in [3.05, 3.63) is 42.4 Å². The minimum Gasteiger partial charge on any atom is -0.465 e. The number of nitrogens with zero attached hydrogens (tertiary/aromatic N) is 5. The lowest BCUT2D eigenvalue weighted by atomic mass is 10.1. The molecular formula is C20H18N6O3S. The summed E-state index contributed by atoms with van der Waals surface area (Å²) in [6.45, 7) is 4.56. The summed E-state index contributed by atoms with van der Waals surface area (Å²) in [4.78, 5) is 20.7. The van der Waals surface area contributed by atoms with Crippen molar-refractivity contribution in [2.24, 2.45) is 0 Å². The van der Waals surface area contributed by atoms with Gasteiger partial charge in [0.25, 0.3) is 0 Å². The third-order valence-electron chi connectivity index (χ3n) is 4.68. The highest BCUT2D eigenvalue weighted by molar-refractivity contribution is 7.19. The average Bonchev–Trinajstić information content (AvgIpc) is 3.38. The lowest BCUT2D eigenvalue weighted by Gasteiger charge is -2.21. The Morgan fingerprint density at radius 3 is 3.00 bits per heavy atom. The molecule has 1 saturated heterocycles. The first-order chi connectivity index (χ1) is 14.6. The maximum absolute atomic E-state index is 10.9. The third-order valence-corrected chi connectivity index (χ3v) is 5.93. The van der Waals surface area contributed by atoms with Gasteiger partial charge in [-0.15, -0.1) is 16.4 Å². The molecule has 0 spiro atoms. The van der Waals surface area contributed by atoms with Gasteiger partial charge in [0.1, 0.15) is 18.2 Å². The van der Waals surface area contributed by atoms with Gasteiger partial charge in [0.2, 0.25) is 0 Å². The van der Waals surface area contributed by atoms with Crippen LogP contribution in [-0.2, 0) is 4.74 Å². The van der Waals surface area contributed by atoms with E-state index < -0.39 is 6.09 Å². The summed E-state index contributed by atoms with van der Waals surface area (Å²) in [5, 5.41) is 25.5.